The molecule has 1 amide bonds. The molecular formula is C15H25N3O. The summed E-state index contributed by atoms with van der Waals surface area (Å²) in [4.78, 5) is 15.6. The molecule has 1 aromatic rings. The molecule has 1 aromatic carbocycles. The van der Waals surface area contributed by atoms with E-state index in [1.54, 1.807) is 0 Å². The minimum Gasteiger partial charge on any atom is -0.378 e. The number of nitrogens with zero attached hydrogens (tertiary/aromatic N) is 2. The summed E-state index contributed by atoms with van der Waals surface area (Å²) >= 11 is 0. The highest BCUT2D eigenvalue weighted by Gasteiger charge is 2.14. The fourth-order valence-electron chi connectivity index (χ4n) is 1.93. The van der Waals surface area contributed by atoms with E-state index in [1.165, 1.54) is 11.3 Å². The zero-order valence-corrected chi connectivity index (χ0v) is 12.6. The van der Waals surface area contributed by atoms with Gasteiger partial charge in [0.1, 0.15) is 0 Å². The van der Waals surface area contributed by atoms with E-state index in [2.05, 4.69) is 39.4 Å². The maximum absolute atomic E-state index is 11.4. The molecule has 1 atom stereocenters. The lowest BCUT2D eigenvalue weighted by molar-refractivity contribution is -0.121. The van der Waals surface area contributed by atoms with Gasteiger partial charge >= 0.3 is 0 Å². The number of amides is 1. The van der Waals surface area contributed by atoms with Crippen LogP contribution in [0.5, 0.6) is 0 Å². The fraction of sp³-hybridized carbons (Fsp3) is 0.533. The number of hydrogen-bond donors (Lipinski definition) is 1. The van der Waals surface area contributed by atoms with E-state index >= 15 is 0 Å². The SMILES string of the molecule is CCC(=O)NCC(c1ccc(N(C)C)cc1)N(C)C. The number of carbonyl (C=O) groups excluding carboxylic acids is 1. The standard InChI is InChI=1S/C15H25N3O/c1-6-15(19)16-11-14(18(4)5)12-7-9-13(10-8-12)17(2)3/h7-10,14H,6,11H2,1-5H3,(H,16,19). The Labute approximate surface area is 116 Å². The highest BCUT2D eigenvalue weighted by molar-refractivity contribution is 5.75. The predicted molar refractivity (Wildman–Crippen MR) is 80.5 cm³/mol. The lowest BCUT2D eigenvalue weighted by Gasteiger charge is -2.25. The maximum Gasteiger partial charge on any atom is 0.219 e. The second-order valence-electron chi connectivity index (χ2n) is 5.12. The first-order chi connectivity index (χ1) is 8.95. The van der Waals surface area contributed by atoms with Gasteiger partial charge in [0.05, 0.1) is 6.04 Å². The lowest BCUT2D eigenvalue weighted by atomic mass is 10.1. The van der Waals surface area contributed by atoms with Crippen molar-refractivity contribution in [3.05, 3.63) is 29.8 Å². The van der Waals surface area contributed by atoms with Crippen molar-refractivity contribution in [2.75, 3.05) is 39.6 Å². The van der Waals surface area contributed by atoms with Gasteiger partial charge in [-0.15, -0.1) is 0 Å². The molecule has 4 nitrogen and oxygen atoms in total. The minimum atomic E-state index is 0.0942. The van der Waals surface area contributed by atoms with Crippen LogP contribution in [0.3, 0.4) is 0 Å². The molecule has 0 aliphatic rings. The van der Waals surface area contributed by atoms with E-state index in [1.807, 2.05) is 35.1 Å². The molecule has 0 aromatic heterocycles. The molecule has 1 unspecified atom stereocenters. The second kappa shape index (κ2) is 7.14. The van der Waals surface area contributed by atoms with Crippen LogP contribution >= 0.6 is 0 Å². The quantitative estimate of drug-likeness (QED) is 0.851. The third kappa shape index (κ3) is 4.56. The summed E-state index contributed by atoms with van der Waals surface area (Å²) in [6, 6.07) is 8.66. The molecule has 0 fully saturated rings. The molecule has 0 saturated heterocycles. The summed E-state index contributed by atoms with van der Waals surface area (Å²) in [6.45, 7) is 2.51. The molecule has 0 heterocycles. The van der Waals surface area contributed by atoms with Crippen LogP contribution in [0.2, 0.25) is 0 Å². The summed E-state index contributed by atoms with van der Waals surface area (Å²) in [5, 5.41) is 2.96. The van der Waals surface area contributed by atoms with Crippen LogP contribution in [0.15, 0.2) is 24.3 Å². The first-order valence-corrected chi connectivity index (χ1v) is 6.66. The van der Waals surface area contributed by atoms with Gasteiger partial charge < -0.3 is 15.1 Å². The van der Waals surface area contributed by atoms with Gasteiger partial charge in [-0.25, -0.2) is 0 Å². The Bertz CT molecular complexity index is 398. The van der Waals surface area contributed by atoms with Crippen LogP contribution in [0.1, 0.15) is 24.9 Å². The van der Waals surface area contributed by atoms with Crippen LogP contribution in [-0.2, 0) is 4.79 Å². The maximum atomic E-state index is 11.4. The molecule has 0 aliphatic carbocycles. The highest BCUT2D eigenvalue weighted by atomic mass is 16.1. The number of rotatable bonds is 6. The third-order valence-electron chi connectivity index (χ3n) is 3.23. The highest BCUT2D eigenvalue weighted by Crippen LogP contribution is 2.20. The van der Waals surface area contributed by atoms with E-state index < -0.39 is 0 Å². The first kappa shape index (κ1) is 15.5. The summed E-state index contributed by atoms with van der Waals surface area (Å²) in [6.07, 6.45) is 0.527. The normalized spacial score (nSPS) is 12.3. The Morgan fingerprint density at radius 2 is 1.74 bits per heavy atom. The Hall–Kier alpha value is -1.55. The monoisotopic (exact) mass is 263 g/mol. The van der Waals surface area contributed by atoms with Crippen molar-refractivity contribution in [2.24, 2.45) is 0 Å². The number of nitrogens with one attached hydrogen (secondary N) is 1. The zero-order valence-electron chi connectivity index (χ0n) is 12.6. The largest absolute Gasteiger partial charge is 0.378 e. The second-order valence-corrected chi connectivity index (χ2v) is 5.12. The average Bonchev–Trinajstić information content (AvgIpc) is 2.38. The van der Waals surface area contributed by atoms with Gasteiger partial charge in [0, 0.05) is 32.7 Å². The first-order valence-electron chi connectivity index (χ1n) is 6.66. The number of anilines is 1. The fourth-order valence-corrected chi connectivity index (χ4v) is 1.93. The molecule has 4 heteroatoms. The van der Waals surface area contributed by atoms with Crippen molar-refractivity contribution in [1.82, 2.24) is 10.2 Å². The van der Waals surface area contributed by atoms with Crippen molar-refractivity contribution >= 4 is 11.6 Å². The summed E-state index contributed by atoms with van der Waals surface area (Å²) < 4.78 is 0. The van der Waals surface area contributed by atoms with E-state index in [0.29, 0.717) is 13.0 Å². The van der Waals surface area contributed by atoms with Gasteiger partial charge in [-0.1, -0.05) is 19.1 Å². The number of likely N-dealkylation sites (N-methyl/N-ethyl adjacent to an activating group) is 1. The van der Waals surface area contributed by atoms with Crippen molar-refractivity contribution in [2.45, 2.75) is 19.4 Å². The van der Waals surface area contributed by atoms with Crippen LogP contribution in [0.4, 0.5) is 5.69 Å². The average molecular weight is 263 g/mol. The smallest absolute Gasteiger partial charge is 0.219 e. The zero-order chi connectivity index (χ0) is 14.4. The molecule has 1 rings (SSSR count). The molecular weight excluding hydrogens is 238 g/mol. The summed E-state index contributed by atoms with van der Waals surface area (Å²) in [5.74, 6) is 0.0942. The molecule has 0 radical (unpaired) electrons. The van der Waals surface area contributed by atoms with Gasteiger partial charge in [-0.05, 0) is 31.8 Å². The molecule has 0 bridgehead atoms. The van der Waals surface area contributed by atoms with Crippen molar-refractivity contribution < 1.29 is 4.79 Å². The molecule has 0 spiro atoms. The van der Waals surface area contributed by atoms with Crippen LogP contribution in [0, 0.1) is 0 Å². The van der Waals surface area contributed by atoms with Gasteiger partial charge in [-0.2, -0.15) is 0 Å². The Kier molecular flexibility index (Phi) is 5.83. The van der Waals surface area contributed by atoms with Crippen molar-refractivity contribution in [3.63, 3.8) is 0 Å². The topological polar surface area (TPSA) is 35.6 Å². The molecule has 1 N–H and O–H groups in total. The molecule has 19 heavy (non-hydrogen) atoms. The summed E-state index contributed by atoms with van der Waals surface area (Å²) in [7, 11) is 8.12. The Balaban J connectivity index is 2.78. The van der Waals surface area contributed by atoms with E-state index in [-0.39, 0.29) is 11.9 Å². The molecule has 0 saturated carbocycles. The number of hydrogen-bond acceptors (Lipinski definition) is 3. The van der Waals surface area contributed by atoms with Gasteiger partial charge in [0.15, 0.2) is 0 Å². The van der Waals surface area contributed by atoms with Crippen LogP contribution in [-0.4, -0.2) is 45.5 Å². The molecule has 0 aliphatic heterocycles. The van der Waals surface area contributed by atoms with Crippen molar-refractivity contribution in [3.8, 4) is 0 Å². The predicted octanol–water partition coefficient (Wildman–Crippen LogP) is 1.88. The van der Waals surface area contributed by atoms with Crippen LogP contribution in [0.25, 0.3) is 0 Å². The van der Waals surface area contributed by atoms with E-state index in [4.69, 9.17) is 0 Å². The van der Waals surface area contributed by atoms with Gasteiger partial charge in [-0.3, -0.25) is 4.79 Å². The number of carbonyl (C=O) groups is 1. The van der Waals surface area contributed by atoms with Gasteiger partial charge in [0.25, 0.3) is 0 Å². The van der Waals surface area contributed by atoms with E-state index in [0.717, 1.165) is 0 Å². The third-order valence-corrected chi connectivity index (χ3v) is 3.23. The van der Waals surface area contributed by atoms with Crippen LogP contribution < -0.4 is 10.2 Å². The molecule has 106 valence electrons. The minimum absolute atomic E-state index is 0.0942. The number of benzene rings is 1. The van der Waals surface area contributed by atoms with Crippen molar-refractivity contribution in [1.29, 1.82) is 0 Å². The lowest BCUT2D eigenvalue weighted by Crippen LogP contribution is -2.34. The van der Waals surface area contributed by atoms with E-state index in [9.17, 15) is 4.79 Å². The Morgan fingerprint density at radius 3 is 2.16 bits per heavy atom. The summed E-state index contributed by atoms with van der Waals surface area (Å²) in [5.41, 5.74) is 2.39. The Morgan fingerprint density at radius 1 is 1.16 bits per heavy atom. The van der Waals surface area contributed by atoms with Gasteiger partial charge in [0.2, 0.25) is 5.91 Å².